The van der Waals surface area contributed by atoms with Crippen LogP contribution in [0, 0.1) is 22.7 Å². The average Bonchev–Trinajstić information content (AvgIpc) is 3.33. The lowest BCUT2D eigenvalue weighted by Gasteiger charge is -2.40. The lowest BCUT2D eigenvalue weighted by Crippen LogP contribution is -2.49. The molecule has 0 N–H and O–H groups in total. The zero-order chi connectivity index (χ0) is 23.6. The molecular weight excluding hydrogens is 445 g/mol. The van der Waals surface area contributed by atoms with Crippen molar-refractivity contribution in [2.45, 2.75) is 63.3 Å². The van der Waals surface area contributed by atoms with E-state index >= 15 is 0 Å². The Hall–Kier alpha value is -3.15. The standard InChI is InChI=1S/C25H23F3N4O2/c26-25(27,28)24-7-5-23(14-24,6-8-24)22(33)32-13-18-3-4-20(32)19-12-29-11-17(21(19)34-18)2-1-16-9-30-15-31-10-16/h9-12,15,18,20H,3-8,13-14H2/t18-,20-,23?,24?/m0/s1. The quantitative estimate of drug-likeness (QED) is 0.587. The number of hydrogen-bond acceptors (Lipinski definition) is 5. The van der Waals surface area contributed by atoms with E-state index in [-0.39, 0.29) is 37.3 Å². The molecule has 0 unspecified atom stereocenters. The SMILES string of the molecule is O=C(N1C[C@@H]2CC[C@H]1c1cncc(C#Cc3cncnc3)c1O2)C12CCC(C(F)(F)F)(CC1)C2. The van der Waals surface area contributed by atoms with E-state index in [1.54, 1.807) is 29.7 Å². The second-order valence-electron chi connectivity index (χ2n) is 10.0. The number of fused-ring (bicyclic) bond motifs is 4. The lowest BCUT2D eigenvalue weighted by atomic mass is 9.80. The summed E-state index contributed by atoms with van der Waals surface area (Å²) in [5, 5.41) is 0. The van der Waals surface area contributed by atoms with Gasteiger partial charge in [0.05, 0.1) is 34.5 Å². The van der Waals surface area contributed by atoms with E-state index < -0.39 is 17.0 Å². The number of piperidine rings is 1. The molecule has 5 aliphatic rings. The molecule has 2 saturated carbocycles. The fourth-order valence-electron chi connectivity index (χ4n) is 6.36. The molecule has 9 heteroatoms. The predicted molar refractivity (Wildman–Crippen MR) is 114 cm³/mol. The highest BCUT2D eigenvalue weighted by Gasteiger charge is 2.69. The molecule has 1 amide bonds. The van der Waals surface area contributed by atoms with Crippen LogP contribution in [-0.2, 0) is 4.79 Å². The number of pyridine rings is 1. The third kappa shape index (κ3) is 3.18. The first kappa shape index (κ1) is 21.4. The Bertz CT molecular complexity index is 1200. The number of rotatable bonds is 1. The number of nitrogens with zero attached hydrogens (tertiary/aromatic N) is 4. The summed E-state index contributed by atoms with van der Waals surface area (Å²) in [5.41, 5.74) is -0.572. The van der Waals surface area contributed by atoms with E-state index in [2.05, 4.69) is 26.8 Å². The van der Waals surface area contributed by atoms with E-state index in [0.717, 1.165) is 12.0 Å². The molecule has 2 aliphatic carbocycles. The monoisotopic (exact) mass is 468 g/mol. The maximum atomic E-state index is 13.8. The molecule has 0 radical (unpaired) electrons. The molecular formula is C25H23F3N4O2. The van der Waals surface area contributed by atoms with E-state index in [0.29, 0.717) is 42.7 Å². The molecule has 7 rings (SSSR count). The first-order valence-corrected chi connectivity index (χ1v) is 11.6. The van der Waals surface area contributed by atoms with Gasteiger partial charge in [-0.05, 0) is 44.9 Å². The Labute approximate surface area is 194 Å². The summed E-state index contributed by atoms with van der Waals surface area (Å²) in [6, 6.07) is -0.272. The molecule has 2 atom stereocenters. The Morgan fingerprint density at radius 2 is 1.79 bits per heavy atom. The molecule has 2 aromatic rings. The van der Waals surface area contributed by atoms with Gasteiger partial charge in [0.25, 0.3) is 0 Å². The topological polar surface area (TPSA) is 68.2 Å². The molecule has 1 saturated heterocycles. The lowest BCUT2D eigenvalue weighted by molar-refractivity contribution is -0.220. The van der Waals surface area contributed by atoms with Crippen LogP contribution in [-0.4, -0.2) is 44.6 Å². The summed E-state index contributed by atoms with van der Waals surface area (Å²) in [7, 11) is 0. The van der Waals surface area contributed by atoms with E-state index in [1.165, 1.54) is 6.33 Å². The summed E-state index contributed by atoms with van der Waals surface area (Å²) in [6.45, 7) is 0.373. The number of amides is 1. The number of hydrogen-bond donors (Lipinski definition) is 0. The van der Waals surface area contributed by atoms with Crippen LogP contribution in [0.2, 0.25) is 0 Å². The van der Waals surface area contributed by atoms with Crippen molar-refractivity contribution in [2.75, 3.05) is 6.54 Å². The van der Waals surface area contributed by atoms with Gasteiger partial charge in [0, 0.05) is 30.4 Å². The van der Waals surface area contributed by atoms with Gasteiger partial charge < -0.3 is 9.64 Å². The molecule has 6 nitrogen and oxygen atoms in total. The Balaban J connectivity index is 1.33. The van der Waals surface area contributed by atoms with Crippen molar-refractivity contribution in [1.82, 2.24) is 19.9 Å². The van der Waals surface area contributed by atoms with Crippen molar-refractivity contribution in [3.8, 4) is 17.6 Å². The first-order valence-electron chi connectivity index (χ1n) is 11.6. The summed E-state index contributed by atoms with van der Waals surface area (Å²) in [6.07, 6.45) is 5.56. The molecule has 2 aromatic heterocycles. The largest absolute Gasteiger partial charge is 0.487 e. The number of aromatic nitrogens is 3. The van der Waals surface area contributed by atoms with Crippen molar-refractivity contribution in [3.05, 3.63) is 47.8 Å². The fraction of sp³-hybridized carbons (Fsp3) is 0.520. The van der Waals surface area contributed by atoms with Crippen molar-refractivity contribution in [3.63, 3.8) is 0 Å². The minimum absolute atomic E-state index is 0.0434. The summed E-state index contributed by atoms with van der Waals surface area (Å²) < 4.78 is 47.7. The van der Waals surface area contributed by atoms with Gasteiger partial charge in [-0.1, -0.05) is 11.8 Å². The van der Waals surface area contributed by atoms with Gasteiger partial charge in [0.1, 0.15) is 18.2 Å². The second kappa shape index (κ2) is 7.42. The van der Waals surface area contributed by atoms with Crippen LogP contribution in [0.3, 0.4) is 0 Å². The van der Waals surface area contributed by atoms with Crippen molar-refractivity contribution in [2.24, 2.45) is 10.8 Å². The average molecular weight is 468 g/mol. The zero-order valence-electron chi connectivity index (χ0n) is 18.4. The smallest absolute Gasteiger partial charge is 0.394 e. The molecule has 3 aliphatic heterocycles. The number of alkyl halides is 3. The summed E-state index contributed by atoms with van der Waals surface area (Å²) >= 11 is 0. The van der Waals surface area contributed by atoms with Crippen LogP contribution in [0.25, 0.3) is 0 Å². The fourth-order valence-corrected chi connectivity index (χ4v) is 6.36. The summed E-state index contributed by atoms with van der Waals surface area (Å²) in [5.74, 6) is 6.56. The van der Waals surface area contributed by atoms with Gasteiger partial charge in [-0.2, -0.15) is 13.2 Å². The molecule has 34 heavy (non-hydrogen) atoms. The van der Waals surface area contributed by atoms with Gasteiger partial charge in [-0.25, -0.2) is 9.97 Å². The van der Waals surface area contributed by atoms with Gasteiger partial charge >= 0.3 is 6.18 Å². The van der Waals surface area contributed by atoms with E-state index in [1.807, 2.05) is 0 Å². The van der Waals surface area contributed by atoms with E-state index in [4.69, 9.17) is 4.74 Å². The molecule has 0 spiro atoms. The van der Waals surface area contributed by atoms with Gasteiger partial charge in [0.2, 0.25) is 5.91 Å². The minimum Gasteiger partial charge on any atom is -0.487 e. The van der Waals surface area contributed by atoms with Crippen LogP contribution in [0.5, 0.6) is 5.75 Å². The van der Waals surface area contributed by atoms with Crippen LogP contribution < -0.4 is 4.74 Å². The Kier molecular flexibility index (Phi) is 4.67. The van der Waals surface area contributed by atoms with Crippen LogP contribution in [0.15, 0.2) is 31.1 Å². The third-order valence-corrected chi connectivity index (χ3v) is 8.17. The van der Waals surface area contributed by atoms with Crippen LogP contribution in [0.4, 0.5) is 13.2 Å². The maximum Gasteiger partial charge on any atom is 0.394 e. The van der Waals surface area contributed by atoms with Crippen molar-refractivity contribution in [1.29, 1.82) is 0 Å². The minimum atomic E-state index is -4.26. The van der Waals surface area contributed by atoms with Crippen molar-refractivity contribution < 1.29 is 22.7 Å². The van der Waals surface area contributed by atoms with Gasteiger partial charge in [0.15, 0.2) is 0 Å². The Morgan fingerprint density at radius 3 is 2.50 bits per heavy atom. The highest BCUT2D eigenvalue weighted by Crippen LogP contribution is 2.68. The number of carbonyl (C=O) groups excluding carboxylic acids is 1. The maximum absolute atomic E-state index is 13.8. The Morgan fingerprint density at radius 1 is 1.03 bits per heavy atom. The molecule has 5 heterocycles. The molecule has 4 bridgehead atoms. The first-order chi connectivity index (χ1) is 16.3. The predicted octanol–water partition coefficient (Wildman–Crippen LogP) is 4.21. The highest BCUT2D eigenvalue weighted by atomic mass is 19.4. The number of carbonyl (C=O) groups is 1. The number of halogens is 3. The molecule has 3 fully saturated rings. The third-order valence-electron chi connectivity index (χ3n) is 8.17. The molecule has 0 aromatic carbocycles. The van der Waals surface area contributed by atoms with Gasteiger partial charge in [-0.3, -0.25) is 9.78 Å². The highest BCUT2D eigenvalue weighted by molar-refractivity contribution is 5.84. The number of ether oxygens (including phenoxy) is 1. The van der Waals surface area contributed by atoms with Gasteiger partial charge in [-0.15, -0.1) is 0 Å². The van der Waals surface area contributed by atoms with Crippen LogP contribution >= 0.6 is 0 Å². The molecule has 176 valence electrons. The summed E-state index contributed by atoms with van der Waals surface area (Å²) in [4.78, 5) is 27.9. The zero-order valence-corrected chi connectivity index (χ0v) is 18.4. The van der Waals surface area contributed by atoms with Crippen LogP contribution in [0.1, 0.15) is 67.7 Å². The van der Waals surface area contributed by atoms with E-state index in [9.17, 15) is 18.0 Å². The normalized spacial score (nSPS) is 31.3. The van der Waals surface area contributed by atoms with Crippen molar-refractivity contribution >= 4 is 5.91 Å². The second-order valence-corrected chi connectivity index (χ2v) is 10.0.